The zero-order valence-electron chi connectivity index (χ0n) is 14.2. The van der Waals surface area contributed by atoms with Crippen molar-refractivity contribution in [2.75, 3.05) is 0 Å². The number of hydrogen-bond acceptors (Lipinski definition) is 3. The maximum Gasteiger partial charge on any atom is 0.266 e. The molecule has 3 aromatic carbocycles. The summed E-state index contributed by atoms with van der Waals surface area (Å²) in [5.74, 6) is 0.646. The number of fused-ring (bicyclic) bond motifs is 1. The van der Waals surface area contributed by atoms with E-state index in [0.29, 0.717) is 22.3 Å². The average Bonchev–Trinajstić information content (AvgIpc) is 2.69. The van der Waals surface area contributed by atoms with Crippen LogP contribution >= 0.6 is 15.9 Å². The van der Waals surface area contributed by atoms with Gasteiger partial charge in [0.05, 0.1) is 16.6 Å². The van der Waals surface area contributed by atoms with Crippen LogP contribution in [0.15, 0.2) is 82.1 Å². The first-order chi connectivity index (χ1) is 13.1. The van der Waals surface area contributed by atoms with Gasteiger partial charge in [-0.25, -0.2) is 4.98 Å². The Morgan fingerprint density at radius 1 is 0.926 bits per heavy atom. The molecular formula is C22H15BrN2O2. The van der Waals surface area contributed by atoms with Crippen molar-refractivity contribution in [3.63, 3.8) is 0 Å². The Kier molecular flexibility index (Phi) is 4.60. The predicted octanol–water partition coefficient (Wildman–Crippen LogP) is 5.02. The van der Waals surface area contributed by atoms with Crippen LogP contribution in [0.5, 0.6) is 5.75 Å². The molecule has 0 unspecified atom stereocenters. The zero-order valence-corrected chi connectivity index (χ0v) is 15.8. The molecule has 132 valence electrons. The lowest BCUT2D eigenvalue weighted by atomic mass is 10.2. The molecule has 0 amide bonds. The van der Waals surface area contributed by atoms with Crippen molar-refractivity contribution in [1.82, 2.24) is 9.55 Å². The first-order valence-corrected chi connectivity index (χ1v) is 9.16. The molecule has 0 saturated heterocycles. The summed E-state index contributed by atoms with van der Waals surface area (Å²) in [5.41, 5.74) is 1.86. The van der Waals surface area contributed by atoms with Crippen LogP contribution < -0.4 is 5.56 Å². The second kappa shape index (κ2) is 7.21. The van der Waals surface area contributed by atoms with Gasteiger partial charge in [0.2, 0.25) is 0 Å². The highest BCUT2D eigenvalue weighted by Crippen LogP contribution is 2.24. The molecule has 1 N–H and O–H groups in total. The van der Waals surface area contributed by atoms with E-state index in [1.165, 1.54) is 0 Å². The van der Waals surface area contributed by atoms with E-state index in [1.807, 2.05) is 48.5 Å². The van der Waals surface area contributed by atoms with Crippen LogP contribution in [0.1, 0.15) is 11.4 Å². The Morgan fingerprint density at radius 2 is 1.67 bits per heavy atom. The van der Waals surface area contributed by atoms with Crippen LogP contribution in [0.25, 0.3) is 28.7 Å². The third kappa shape index (κ3) is 3.41. The molecule has 0 aliphatic heterocycles. The molecule has 1 heterocycles. The van der Waals surface area contributed by atoms with E-state index in [4.69, 9.17) is 0 Å². The van der Waals surface area contributed by atoms with Crippen LogP contribution in [0, 0.1) is 0 Å². The summed E-state index contributed by atoms with van der Waals surface area (Å²) >= 11 is 3.40. The summed E-state index contributed by atoms with van der Waals surface area (Å²) in [6.07, 6.45) is 3.48. The van der Waals surface area contributed by atoms with Gasteiger partial charge in [-0.05, 0) is 54.6 Å². The van der Waals surface area contributed by atoms with E-state index in [9.17, 15) is 9.90 Å². The van der Waals surface area contributed by atoms with Gasteiger partial charge < -0.3 is 5.11 Å². The summed E-state index contributed by atoms with van der Waals surface area (Å²) < 4.78 is 2.43. The summed E-state index contributed by atoms with van der Waals surface area (Å²) in [7, 11) is 0. The molecule has 0 aliphatic carbocycles. The molecule has 0 radical (unpaired) electrons. The van der Waals surface area contributed by atoms with E-state index >= 15 is 0 Å². The van der Waals surface area contributed by atoms with Crippen molar-refractivity contribution in [1.29, 1.82) is 0 Å². The molecule has 0 spiro atoms. The fourth-order valence-electron chi connectivity index (χ4n) is 2.91. The lowest BCUT2D eigenvalue weighted by Gasteiger charge is -2.11. The van der Waals surface area contributed by atoms with Crippen LogP contribution in [-0.2, 0) is 0 Å². The number of aromatic nitrogens is 2. The third-order valence-electron chi connectivity index (χ3n) is 4.22. The van der Waals surface area contributed by atoms with Crippen LogP contribution in [0.2, 0.25) is 0 Å². The van der Waals surface area contributed by atoms with Crippen molar-refractivity contribution in [2.45, 2.75) is 0 Å². The highest BCUT2D eigenvalue weighted by Gasteiger charge is 2.10. The quantitative estimate of drug-likeness (QED) is 0.507. The van der Waals surface area contributed by atoms with Gasteiger partial charge in [0.25, 0.3) is 5.56 Å². The molecule has 0 aliphatic rings. The van der Waals surface area contributed by atoms with E-state index < -0.39 is 0 Å². The molecular weight excluding hydrogens is 404 g/mol. The Hall–Kier alpha value is -3.18. The van der Waals surface area contributed by atoms with Crippen LogP contribution in [-0.4, -0.2) is 14.7 Å². The fourth-order valence-corrected chi connectivity index (χ4v) is 3.29. The van der Waals surface area contributed by atoms with Gasteiger partial charge >= 0.3 is 0 Å². The molecule has 0 atom stereocenters. The molecule has 0 bridgehead atoms. The predicted molar refractivity (Wildman–Crippen MR) is 112 cm³/mol. The molecule has 27 heavy (non-hydrogen) atoms. The summed E-state index contributed by atoms with van der Waals surface area (Å²) in [6.45, 7) is 0. The average molecular weight is 419 g/mol. The van der Waals surface area contributed by atoms with Gasteiger partial charge in [0, 0.05) is 10.0 Å². The number of phenolic OH excluding ortho intramolecular Hbond substituents is 1. The Morgan fingerprint density at radius 3 is 2.48 bits per heavy atom. The van der Waals surface area contributed by atoms with Crippen LogP contribution in [0.4, 0.5) is 0 Å². The Bertz CT molecular complexity index is 1210. The Balaban J connectivity index is 1.95. The Labute approximate surface area is 164 Å². The van der Waals surface area contributed by atoms with Gasteiger partial charge in [-0.3, -0.25) is 9.36 Å². The van der Waals surface area contributed by atoms with Crippen molar-refractivity contribution >= 4 is 39.0 Å². The highest BCUT2D eigenvalue weighted by atomic mass is 79.9. The van der Waals surface area contributed by atoms with Crippen molar-refractivity contribution in [3.8, 4) is 11.4 Å². The van der Waals surface area contributed by atoms with Gasteiger partial charge in [0.1, 0.15) is 11.6 Å². The molecule has 5 heteroatoms. The lowest BCUT2D eigenvalue weighted by Crippen LogP contribution is -2.22. The van der Waals surface area contributed by atoms with E-state index in [0.717, 1.165) is 10.2 Å². The summed E-state index contributed by atoms with van der Waals surface area (Å²) in [4.78, 5) is 17.8. The largest absolute Gasteiger partial charge is 0.507 e. The number of phenols is 1. The number of benzene rings is 3. The first kappa shape index (κ1) is 17.2. The number of nitrogens with zero attached hydrogens (tertiary/aromatic N) is 2. The van der Waals surface area contributed by atoms with E-state index in [2.05, 4.69) is 20.9 Å². The minimum Gasteiger partial charge on any atom is -0.507 e. The molecule has 0 saturated carbocycles. The number of hydrogen-bond donors (Lipinski definition) is 1. The highest BCUT2D eigenvalue weighted by molar-refractivity contribution is 9.10. The van der Waals surface area contributed by atoms with E-state index in [-0.39, 0.29) is 11.3 Å². The standard InChI is InChI=1S/C22H15BrN2O2/c23-16-11-12-20(26)15(14-16)10-13-21-24-19-9-5-4-8-18(19)22(27)25(21)17-6-2-1-3-7-17/h1-14,26H/b13-10+. The first-order valence-electron chi connectivity index (χ1n) is 8.37. The van der Waals surface area contributed by atoms with Gasteiger partial charge in [0.15, 0.2) is 0 Å². The second-order valence-electron chi connectivity index (χ2n) is 6.00. The maximum atomic E-state index is 13.1. The SMILES string of the molecule is O=c1c2ccccc2nc(/C=C/c2cc(Br)ccc2O)n1-c1ccccc1. The normalized spacial score (nSPS) is 11.3. The van der Waals surface area contributed by atoms with Crippen LogP contribution in [0.3, 0.4) is 0 Å². The molecule has 1 aromatic heterocycles. The summed E-state index contributed by atoms with van der Waals surface area (Å²) in [5, 5.41) is 10.6. The topological polar surface area (TPSA) is 55.1 Å². The third-order valence-corrected chi connectivity index (χ3v) is 4.71. The number of para-hydroxylation sites is 2. The van der Waals surface area contributed by atoms with Gasteiger partial charge in [-0.2, -0.15) is 0 Å². The molecule has 0 fully saturated rings. The van der Waals surface area contributed by atoms with Crippen molar-refractivity contribution in [2.24, 2.45) is 0 Å². The minimum absolute atomic E-state index is 0.134. The smallest absolute Gasteiger partial charge is 0.266 e. The van der Waals surface area contributed by atoms with Gasteiger partial charge in [-0.1, -0.05) is 46.3 Å². The zero-order chi connectivity index (χ0) is 18.8. The minimum atomic E-state index is -0.134. The fraction of sp³-hybridized carbons (Fsp3) is 0. The van der Waals surface area contributed by atoms with E-state index in [1.54, 1.807) is 41.0 Å². The van der Waals surface area contributed by atoms with Gasteiger partial charge in [-0.15, -0.1) is 0 Å². The van der Waals surface area contributed by atoms with Crippen molar-refractivity contribution in [3.05, 3.63) is 99.0 Å². The number of aromatic hydroxyl groups is 1. The monoisotopic (exact) mass is 418 g/mol. The molecule has 4 aromatic rings. The second-order valence-corrected chi connectivity index (χ2v) is 6.92. The summed E-state index contributed by atoms with van der Waals surface area (Å²) in [6, 6.07) is 21.9. The maximum absolute atomic E-state index is 13.1. The number of rotatable bonds is 3. The molecule has 4 rings (SSSR count). The lowest BCUT2D eigenvalue weighted by molar-refractivity contribution is 0.474. The van der Waals surface area contributed by atoms with Crippen molar-refractivity contribution < 1.29 is 5.11 Å². The number of halogens is 1. The molecule has 4 nitrogen and oxygen atoms in total.